The number of hydrogen-bond acceptors (Lipinski definition) is 3. The normalized spacial score (nSPS) is 10.6. The first-order valence-electron chi connectivity index (χ1n) is 6.22. The Morgan fingerprint density at radius 2 is 2.21 bits per heavy atom. The third kappa shape index (κ3) is 3.44. The largest absolute Gasteiger partial charge is 0.383 e. The number of nitrogens with zero attached hydrogens (tertiary/aromatic N) is 1. The molecule has 0 aliphatic heterocycles. The molecule has 19 heavy (non-hydrogen) atoms. The van der Waals surface area contributed by atoms with Gasteiger partial charge in [-0.25, -0.2) is 4.98 Å². The zero-order valence-corrected chi connectivity index (χ0v) is 12.3. The van der Waals surface area contributed by atoms with Crippen LogP contribution in [0.15, 0.2) is 33.5 Å². The van der Waals surface area contributed by atoms with Crippen LogP contribution in [-0.4, -0.2) is 9.97 Å². The molecular formula is C14H16BrN3O. The van der Waals surface area contributed by atoms with E-state index in [4.69, 9.17) is 5.73 Å². The standard InChI is InChI=1S/C14H16BrN3O/c1-2-4-11-13(16)17-12(18-14(11)19)8-9-5-3-6-10(15)7-9/h3,5-7H,2,4,8H2,1H3,(H3,16,17,18,19). The van der Waals surface area contributed by atoms with Gasteiger partial charge in [0.2, 0.25) is 0 Å². The summed E-state index contributed by atoms with van der Waals surface area (Å²) in [4.78, 5) is 19.0. The average molecular weight is 322 g/mol. The van der Waals surface area contributed by atoms with Crippen LogP contribution in [-0.2, 0) is 12.8 Å². The van der Waals surface area contributed by atoms with Crippen molar-refractivity contribution in [2.45, 2.75) is 26.2 Å². The molecule has 1 aromatic carbocycles. The molecule has 0 saturated heterocycles. The van der Waals surface area contributed by atoms with Crippen molar-refractivity contribution < 1.29 is 0 Å². The number of nitrogens with two attached hydrogens (primary N) is 1. The third-order valence-corrected chi connectivity index (χ3v) is 3.35. The minimum Gasteiger partial charge on any atom is -0.383 e. The zero-order chi connectivity index (χ0) is 13.8. The van der Waals surface area contributed by atoms with Crippen molar-refractivity contribution in [1.29, 1.82) is 0 Å². The van der Waals surface area contributed by atoms with Gasteiger partial charge in [0.25, 0.3) is 5.56 Å². The minimum atomic E-state index is -0.126. The number of rotatable bonds is 4. The molecule has 0 aliphatic carbocycles. The molecule has 3 N–H and O–H groups in total. The topological polar surface area (TPSA) is 71.8 Å². The fourth-order valence-corrected chi connectivity index (χ4v) is 2.43. The number of hydrogen-bond donors (Lipinski definition) is 2. The molecule has 2 aromatic rings. The number of nitrogen functional groups attached to an aromatic ring is 1. The molecule has 0 amide bonds. The summed E-state index contributed by atoms with van der Waals surface area (Å²) in [6.45, 7) is 2.01. The predicted molar refractivity (Wildman–Crippen MR) is 80.2 cm³/mol. The van der Waals surface area contributed by atoms with E-state index in [1.165, 1.54) is 0 Å². The number of aromatic nitrogens is 2. The smallest absolute Gasteiger partial charge is 0.256 e. The molecule has 0 unspecified atom stereocenters. The van der Waals surface area contributed by atoms with Crippen LogP contribution in [0.1, 0.15) is 30.3 Å². The Morgan fingerprint density at radius 3 is 2.84 bits per heavy atom. The fraction of sp³-hybridized carbons (Fsp3) is 0.286. The second kappa shape index (κ2) is 6.02. The van der Waals surface area contributed by atoms with Gasteiger partial charge < -0.3 is 10.7 Å². The lowest BCUT2D eigenvalue weighted by molar-refractivity contribution is 0.862. The minimum absolute atomic E-state index is 0.126. The second-order valence-corrected chi connectivity index (χ2v) is 5.35. The van der Waals surface area contributed by atoms with Crippen molar-refractivity contribution in [2.75, 3.05) is 5.73 Å². The molecule has 100 valence electrons. The van der Waals surface area contributed by atoms with Crippen LogP contribution < -0.4 is 11.3 Å². The summed E-state index contributed by atoms with van der Waals surface area (Å²) in [5.41, 5.74) is 7.38. The maximum Gasteiger partial charge on any atom is 0.256 e. The van der Waals surface area contributed by atoms with Crippen LogP contribution in [0, 0.1) is 0 Å². The van der Waals surface area contributed by atoms with Crippen LogP contribution in [0.2, 0.25) is 0 Å². The van der Waals surface area contributed by atoms with Crippen molar-refractivity contribution in [1.82, 2.24) is 9.97 Å². The molecule has 0 saturated carbocycles. The quantitative estimate of drug-likeness (QED) is 0.909. The molecule has 0 spiro atoms. The lowest BCUT2D eigenvalue weighted by Crippen LogP contribution is -2.19. The Bertz CT molecular complexity index is 637. The summed E-state index contributed by atoms with van der Waals surface area (Å²) >= 11 is 3.42. The average Bonchev–Trinajstić information content (AvgIpc) is 2.34. The molecule has 5 heteroatoms. The van der Waals surface area contributed by atoms with Crippen LogP contribution >= 0.6 is 15.9 Å². The van der Waals surface area contributed by atoms with Gasteiger partial charge in [-0.15, -0.1) is 0 Å². The summed E-state index contributed by atoms with van der Waals surface area (Å²) in [6.07, 6.45) is 2.09. The van der Waals surface area contributed by atoms with E-state index in [2.05, 4.69) is 25.9 Å². The molecule has 0 fully saturated rings. The van der Waals surface area contributed by atoms with Gasteiger partial charge in [-0.1, -0.05) is 41.4 Å². The van der Waals surface area contributed by atoms with Crippen molar-refractivity contribution >= 4 is 21.7 Å². The highest BCUT2D eigenvalue weighted by Gasteiger charge is 2.08. The fourth-order valence-electron chi connectivity index (χ4n) is 1.98. The molecule has 2 rings (SSSR count). The van der Waals surface area contributed by atoms with Crippen LogP contribution in [0.25, 0.3) is 0 Å². The van der Waals surface area contributed by atoms with E-state index in [0.717, 1.165) is 16.5 Å². The van der Waals surface area contributed by atoms with E-state index in [0.29, 0.717) is 30.0 Å². The predicted octanol–water partition coefficient (Wildman–Crippen LogP) is 2.66. The van der Waals surface area contributed by atoms with Crippen molar-refractivity contribution in [3.8, 4) is 0 Å². The van der Waals surface area contributed by atoms with Gasteiger partial charge in [0, 0.05) is 10.9 Å². The number of benzene rings is 1. The van der Waals surface area contributed by atoms with Gasteiger partial charge in [-0.2, -0.15) is 0 Å². The van der Waals surface area contributed by atoms with E-state index in [1.807, 2.05) is 31.2 Å². The Morgan fingerprint density at radius 1 is 1.42 bits per heavy atom. The number of halogens is 1. The highest BCUT2D eigenvalue weighted by Crippen LogP contribution is 2.14. The van der Waals surface area contributed by atoms with Gasteiger partial charge in [0.1, 0.15) is 11.6 Å². The Kier molecular flexibility index (Phi) is 4.37. The first-order valence-corrected chi connectivity index (χ1v) is 7.01. The van der Waals surface area contributed by atoms with Crippen LogP contribution in [0.4, 0.5) is 5.82 Å². The second-order valence-electron chi connectivity index (χ2n) is 4.43. The first-order chi connectivity index (χ1) is 9.10. The zero-order valence-electron chi connectivity index (χ0n) is 10.7. The summed E-state index contributed by atoms with van der Waals surface area (Å²) in [6, 6.07) is 7.89. The van der Waals surface area contributed by atoms with Crippen molar-refractivity contribution in [3.63, 3.8) is 0 Å². The van der Waals surface area contributed by atoms with Crippen molar-refractivity contribution in [2.24, 2.45) is 0 Å². The van der Waals surface area contributed by atoms with Gasteiger partial charge >= 0.3 is 0 Å². The van der Waals surface area contributed by atoms with Gasteiger partial charge in [0.15, 0.2) is 0 Å². The molecule has 0 atom stereocenters. The number of aromatic amines is 1. The summed E-state index contributed by atoms with van der Waals surface area (Å²) in [5, 5.41) is 0. The Labute approximate surface area is 120 Å². The van der Waals surface area contributed by atoms with Gasteiger partial charge in [0.05, 0.1) is 5.56 Å². The van der Waals surface area contributed by atoms with E-state index in [-0.39, 0.29) is 5.56 Å². The SMILES string of the molecule is CCCc1c(N)nc(Cc2cccc(Br)c2)[nH]c1=O. The van der Waals surface area contributed by atoms with E-state index >= 15 is 0 Å². The number of nitrogens with one attached hydrogen (secondary N) is 1. The van der Waals surface area contributed by atoms with Gasteiger partial charge in [-0.05, 0) is 24.1 Å². The molecule has 1 aromatic heterocycles. The first kappa shape index (κ1) is 13.8. The van der Waals surface area contributed by atoms with Gasteiger partial charge in [-0.3, -0.25) is 4.79 Å². The Balaban J connectivity index is 2.29. The molecule has 0 bridgehead atoms. The molecule has 4 nitrogen and oxygen atoms in total. The maximum absolute atomic E-state index is 11.9. The summed E-state index contributed by atoms with van der Waals surface area (Å²) in [7, 11) is 0. The highest BCUT2D eigenvalue weighted by molar-refractivity contribution is 9.10. The third-order valence-electron chi connectivity index (χ3n) is 2.86. The molecule has 1 heterocycles. The lowest BCUT2D eigenvalue weighted by Gasteiger charge is -2.06. The number of anilines is 1. The highest BCUT2D eigenvalue weighted by atomic mass is 79.9. The van der Waals surface area contributed by atoms with Crippen LogP contribution in [0.5, 0.6) is 0 Å². The maximum atomic E-state index is 11.9. The van der Waals surface area contributed by atoms with Crippen LogP contribution in [0.3, 0.4) is 0 Å². The number of H-pyrrole nitrogens is 1. The summed E-state index contributed by atoms with van der Waals surface area (Å²) in [5.74, 6) is 0.941. The monoisotopic (exact) mass is 321 g/mol. The molecule has 0 aliphatic rings. The van der Waals surface area contributed by atoms with Crippen molar-refractivity contribution in [3.05, 3.63) is 56.0 Å². The van der Waals surface area contributed by atoms with E-state index < -0.39 is 0 Å². The molecule has 0 radical (unpaired) electrons. The van der Waals surface area contributed by atoms with E-state index in [9.17, 15) is 4.79 Å². The Hall–Kier alpha value is -1.62. The van der Waals surface area contributed by atoms with E-state index in [1.54, 1.807) is 0 Å². The summed E-state index contributed by atoms with van der Waals surface area (Å²) < 4.78 is 1.00. The molecular weight excluding hydrogens is 306 g/mol. The lowest BCUT2D eigenvalue weighted by atomic mass is 10.1.